The van der Waals surface area contributed by atoms with Crippen molar-refractivity contribution in [2.45, 2.75) is 25.4 Å². The highest BCUT2D eigenvalue weighted by Gasteiger charge is 2.23. The van der Waals surface area contributed by atoms with Crippen LogP contribution in [0.2, 0.25) is 0 Å². The number of nitrogens with two attached hydrogens (primary N) is 1. The van der Waals surface area contributed by atoms with Crippen LogP contribution < -0.4 is 5.73 Å². The first-order valence-electron chi connectivity index (χ1n) is 8.49. The number of likely N-dealkylation sites (tertiary alicyclic amines) is 1. The van der Waals surface area contributed by atoms with Gasteiger partial charge in [-0.15, -0.1) is 0 Å². The van der Waals surface area contributed by atoms with Gasteiger partial charge >= 0.3 is 0 Å². The van der Waals surface area contributed by atoms with E-state index in [2.05, 4.69) is 5.10 Å². The van der Waals surface area contributed by atoms with Gasteiger partial charge in [-0.25, -0.2) is 4.68 Å². The van der Waals surface area contributed by atoms with Crippen molar-refractivity contribution in [2.24, 2.45) is 5.73 Å². The molecule has 1 fully saturated rings. The molecule has 0 aliphatic carbocycles. The van der Waals surface area contributed by atoms with E-state index in [9.17, 15) is 4.79 Å². The molecule has 2 heterocycles. The molecule has 1 aliphatic heterocycles. The Bertz CT molecular complexity index is 632. The number of benzene rings is 1. The molecule has 0 saturated carbocycles. The third kappa shape index (κ3) is 4.01. The van der Waals surface area contributed by atoms with Gasteiger partial charge in [-0.3, -0.25) is 4.79 Å². The minimum atomic E-state index is 0.0856. The zero-order valence-electron chi connectivity index (χ0n) is 13.8. The molecular formula is C18H24N4O2. The lowest BCUT2D eigenvalue weighted by Crippen LogP contribution is -2.41. The van der Waals surface area contributed by atoms with Crippen LogP contribution in [0.25, 0.3) is 5.69 Å². The second-order valence-electron chi connectivity index (χ2n) is 6.00. The van der Waals surface area contributed by atoms with Crippen LogP contribution in [0.3, 0.4) is 0 Å². The number of carbonyl (C=O) groups is 1. The fourth-order valence-electron chi connectivity index (χ4n) is 2.92. The van der Waals surface area contributed by atoms with Gasteiger partial charge in [0.2, 0.25) is 0 Å². The van der Waals surface area contributed by atoms with Gasteiger partial charge in [0.1, 0.15) is 0 Å². The summed E-state index contributed by atoms with van der Waals surface area (Å²) in [5.41, 5.74) is 7.14. The van der Waals surface area contributed by atoms with Crippen LogP contribution in [0.1, 0.15) is 29.6 Å². The number of hydrogen-bond donors (Lipinski definition) is 1. The molecule has 6 heteroatoms. The fourth-order valence-corrected chi connectivity index (χ4v) is 2.92. The molecule has 0 spiro atoms. The van der Waals surface area contributed by atoms with E-state index >= 15 is 0 Å². The number of hydrogen-bond acceptors (Lipinski definition) is 4. The predicted octanol–water partition coefficient (Wildman–Crippen LogP) is 1.84. The van der Waals surface area contributed by atoms with Crippen molar-refractivity contribution in [1.82, 2.24) is 14.7 Å². The molecule has 1 aromatic heterocycles. The van der Waals surface area contributed by atoms with Crippen LogP contribution in [0.15, 0.2) is 42.7 Å². The van der Waals surface area contributed by atoms with Gasteiger partial charge in [-0.1, -0.05) is 0 Å². The Morgan fingerprint density at radius 2 is 2.00 bits per heavy atom. The van der Waals surface area contributed by atoms with Gasteiger partial charge in [0.15, 0.2) is 0 Å². The van der Waals surface area contributed by atoms with Gasteiger partial charge in [-0.2, -0.15) is 5.10 Å². The van der Waals surface area contributed by atoms with E-state index in [-0.39, 0.29) is 12.0 Å². The maximum atomic E-state index is 12.6. The molecule has 0 atom stereocenters. The van der Waals surface area contributed by atoms with Crippen molar-refractivity contribution in [3.05, 3.63) is 48.3 Å². The van der Waals surface area contributed by atoms with Gasteiger partial charge < -0.3 is 15.4 Å². The van der Waals surface area contributed by atoms with E-state index in [1.54, 1.807) is 10.9 Å². The second kappa shape index (κ2) is 8.08. The Morgan fingerprint density at radius 1 is 1.25 bits per heavy atom. The van der Waals surface area contributed by atoms with Crippen molar-refractivity contribution in [1.29, 1.82) is 0 Å². The maximum absolute atomic E-state index is 12.6. The Hall–Kier alpha value is -2.18. The summed E-state index contributed by atoms with van der Waals surface area (Å²) >= 11 is 0. The number of ether oxygens (including phenoxy) is 1. The van der Waals surface area contributed by atoms with Crippen molar-refractivity contribution in [3.8, 4) is 5.69 Å². The fraction of sp³-hybridized carbons (Fsp3) is 0.444. The number of amides is 1. The maximum Gasteiger partial charge on any atom is 0.253 e. The van der Waals surface area contributed by atoms with Crippen LogP contribution in [-0.2, 0) is 4.74 Å². The molecule has 24 heavy (non-hydrogen) atoms. The van der Waals surface area contributed by atoms with Gasteiger partial charge in [0.25, 0.3) is 5.91 Å². The zero-order chi connectivity index (χ0) is 16.8. The third-order valence-corrected chi connectivity index (χ3v) is 4.31. The van der Waals surface area contributed by atoms with Gasteiger partial charge in [0.05, 0.1) is 11.8 Å². The minimum Gasteiger partial charge on any atom is -0.378 e. The SMILES string of the molecule is NCCCOC1CCN(C(=O)c2ccc(-n3cccn3)cc2)CC1. The van der Waals surface area contributed by atoms with Crippen LogP contribution in [0, 0.1) is 0 Å². The number of carbonyl (C=O) groups excluding carboxylic acids is 1. The minimum absolute atomic E-state index is 0.0856. The van der Waals surface area contributed by atoms with E-state index in [0.29, 0.717) is 18.7 Å². The highest BCUT2D eigenvalue weighted by molar-refractivity contribution is 5.94. The topological polar surface area (TPSA) is 73.4 Å². The average molecular weight is 328 g/mol. The van der Waals surface area contributed by atoms with E-state index in [1.165, 1.54) is 0 Å². The Kier molecular flexibility index (Phi) is 5.61. The van der Waals surface area contributed by atoms with Crippen LogP contribution in [-0.4, -0.2) is 52.9 Å². The molecule has 6 nitrogen and oxygen atoms in total. The monoisotopic (exact) mass is 328 g/mol. The standard InChI is InChI=1S/C18H24N4O2/c19-9-1-14-24-17-7-12-21(13-8-17)18(23)15-3-5-16(6-4-15)22-11-2-10-20-22/h2-6,10-11,17H,1,7-9,12-14,19H2. The lowest BCUT2D eigenvalue weighted by Gasteiger charge is -2.32. The number of rotatable bonds is 6. The number of aromatic nitrogens is 2. The smallest absolute Gasteiger partial charge is 0.253 e. The Labute approximate surface area is 142 Å². The number of nitrogens with zero attached hydrogens (tertiary/aromatic N) is 3. The predicted molar refractivity (Wildman–Crippen MR) is 92.1 cm³/mol. The lowest BCUT2D eigenvalue weighted by atomic mass is 10.1. The molecule has 1 aromatic carbocycles. The molecular weight excluding hydrogens is 304 g/mol. The first kappa shape index (κ1) is 16.7. The van der Waals surface area contributed by atoms with E-state index in [4.69, 9.17) is 10.5 Å². The van der Waals surface area contributed by atoms with Gasteiger partial charge in [-0.05, 0) is 56.1 Å². The summed E-state index contributed by atoms with van der Waals surface area (Å²) < 4.78 is 7.56. The molecule has 0 radical (unpaired) electrons. The van der Waals surface area contributed by atoms with Crippen LogP contribution >= 0.6 is 0 Å². The largest absolute Gasteiger partial charge is 0.378 e. The highest BCUT2D eigenvalue weighted by atomic mass is 16.5. The molecule has 1 aliphatic rings. The summed E-state index contributed by atoms with van der Waals surface area (Å²) in [6.07, 6.45) is 6.54. The van der Waals surface area contributed by atoms with Gasteiger partial charge in [0, 0.05) is 37.7 Å². The van der Waals surface area contributed by atoms with E-state index in [1.807, 2.05) is 41.4 Å². The molecule has 2 aromatic rings. The number of piperidine rings is 1. The summed E-state index contributed by atoms with van der Waals surface area (Å²) in [4.78, 5) is 14.5. The van der Waals surface area contributed by atoms with Crippen LogP contribution in [0.4, 0.5) is 0 Å². The van der Waals surface area contributed by atoms with Crippen molar-refractivity contribution < 1.29 is 9.53 Å². The molecule has 0 bridgehead atoms. The first-order chi connectivity index (χ1) is 11.8. The quantitative estimate of drug-likeness (QED) is 0.821. The third-order valence-electron chi connectivity index (χ3n) is 4.31. The second-order valence-corrected chi connectivity index (χ2v) is 6.00. The summed E-state index contributed by atoms with van der Waals surface area (Å²) in [5, 5.41) is 4.19. The van der Waals surface area contributed by atoms with E-state index < -0.39 is 0 Å². The molecule has 0 unspecified atom stereocenters. The Balaban J connectivity index is 1.54. The molecule has 128 valence electrons. The summed E-state index contributed by atoms with van der Waals surface area (Å²) in [6.45, 7) is 2.86. The highest BCUT2D eigenvalue weighted by Crippen LogP contribution is 2.17. The molecule has 3 rings (SSSR count). The summed E-state index contributed by atoms with van der Waals surface area (Å²) in [5.74, 6) is 0.0856. The molecule has 2 N–H and O–H groups in total. The lowest BCUT2D eigenvalue weighted by molar-refractivity contribution is 0.00845. The van der Waals surface area contributed by atoms with Crippen molar-refractivity contribution in [3.63, 3.8) is 0 Å². The Morgan fingerprint density at radius 3 is 2.62 bits per heavy atom. The zero-order valence-corrected chi connectivity index (χ0v) is 13.8. The summed E-state index contributed by atoms with van der Waals surface area (Å²) in [6, 6.07) is 9.44. The van der Waals surface area contributed by atoms with Crippen LogP contribution in [0.5, 0.6) is 0 Å². The molecule has 1 amide bonds. The molecule has 1 saturated heterocycles. The summed E-state index contributed by atoms with van der Waals surface area (Å²) in [7, 11) is 0. The van der Waals surface area contributed by atoms with E-state index in [0.717, 1.165) is 38.0 Å². The first-order valence-corrected chi connectivity index (χ1v) is 8.49. The van der Waals surface area contributed by atoms with Crippen molar-refractivity contribution in [2.75, 3.05) is 26.2 Å². The van der Waals surface area contributed by atoms with Crippen molar-refractivity contribution >= 4 is 5.91 Å². The average Bonchev–Trinajstić information content (AvgIpc) is 3.17. The normalized spacial score (nSPS) is 15.6.